The van der Waals surface area contributed by atoms with Gasteiger partial charge in [-0.2, -0.15) is 0 Å². The Morgan fingerprint density at radius 1 is 1.14 bits per heavy atom. The van der Waals surface area contributed by atoms with Crippen LogP contribution in [-0.2, 0) is 9.63 Å². The Labute approximate surface area is 86.5 Å². The lowest BCUT2D eigenvalue weighted by Crippen LogP contribution is -2.00. The van der Waals surface area contributed by atoms with E-state index in [4.69, 9.17) is 0 Å². The van der Waals surface area contributed by atoms with Crippen molar-refractivity contribution in [2.24, 2.45) is 5.16 Å². The fourth-order valence-corrected chi connectivity index (χ4v) is 1.06. The molecule has 0 aromatic heterocycles. The molecule has 0 aliphatic rings. The molecule has 0 aromatic rings. The van der Waals surface area contributed by atoms with E-state index in [9.17, 15) is 4.79 Å². The molecular weight excluding hydrogens is 178 g/mol. The number of hydrogen-bond donors (Lipinski definition) is 0. The fraction of sp³-hybridized carbons (Fsp3) is 0.818. The van der Waals surface area contributed by atoms with Gasteiger partial charge in [-0.25, -0.2) is 4.79 Å². The number of nitrogens with zero attached hydrogens (tertiary/aromatic N) is 1. The summed E-state index contributed by atoms with van der Waals surface area (Å²) in [7, 11) is 0. The highest BCUT2D eigenvalue weighted by molar-refractivity contribution is 5.79. The topological polar surface area (TPSA) is 38.7 Å². The van der Waals surface area contributed by atoms with Crippen molar-refractivity contribution in [3.8, 4) is 0 Å². The van der Waals surface area contributed by atoms with E-state index in [-0.39, 0.29) is 5.97 Å². The summed E-state index contributed by atoms with van der Waals surface area (Å²) in [4.78, 5) is 15.7. The summed E-state index contributed by atoms with van der Waals surface area (Å²) >= 11 is 0. The monoisotopic (exact) mass is 199 g/mol. The summed E-state index contributed by atoms with van der Waals surface area (Å²) in [5.74, 6) is -0.220. The molecule has 0 atom stereocenters. The molecule has 0 radical (unpaired) electrons. The Morgan fingerprint density at radius 2 is 1.79 bits per heavy atom. The van der Waals surface area contributed by atoms with Crippen LogP contribution in [0.2, 0.25) is 0 Å². The molecule has 0 aliphatic heterocycles. The molecule has 0 spiro atoms. The first-order valence-electron chi connectivity index (χ1n) is 5.38. The normalized spacial score (nSPS) is 9.64. The third kappa shape index (κ3) is 9.23. The minimum Gasteiger partial charge on any atom is -0.318 e. The van der Waals surface area contributed by atoms with Crippen molar-refractivity contribution in [1.29, 1.82) is 0 Å². The van der Waals surface area contributed by atoms with Crippen molar-refractivity contribution in [3.05, 3.63) is 0 Å². The molecule has 0 saturated heterocycles. The van der Waals surface area contributed by atoms with Gasteiger partial charge in [-0.1, -0.05) is 37.8 Å². The minimum absolute atomic E-state index is 0.220. The zero-order valence-electron chi connectivity index (χ0n) is 9.51. The van der Waals surface area contributed by atoms with Crippen LogP contribution in [0.25, 0.3) is 0 Å². The van der Waals surface area contributed by atoms with E-state index in [2.05, 4.69) is 16.9 Å². The lowest BCUT2D eigenvalue weighted by Gasteiger charge is -1.98. The molecule has 0 heterocycles. The third-order valence-electron chi connectivity index (χ3n) is 1.81. The highest BCUT2D eigenvalue weighted by atomic mass is 16.7. The van der Waals surface area contributed by atoms with E-state index in [1.165, 1.54) is 19.3 Å². The lowest BCUT2D eigenvalue weighted by atomic mass is 10.1. The van der Waals surface area contributed by atoms with Crippen LogP contribution in [0.5, 0.6) is 0 Å². The van der Waals surface area contributed by atoms with Crippen molar-refractivity contribution in [2.45, 2.75) is 59.3 Å². The SMILES string of the molecule is CCCCCCCC(=O)ON=C(C)C. The lowest BCUT2D eigenvalue weighted by molar-refractivity contribution is -0.143. The Hall–Kier alpha value is -0.860. The van der Waals surface area contributed by atoms with E-state index in [0.29, 0.717) is 6.42 Å². The van der Waals surface area contributed by atoms with E-state index >= 15 is 0 Å². The minimum atomic E-state index is -0.220. The molecule has 0 aromatic carbocycles. The number of unbranched alkanes of at least 4 members (excludes halogenated alkanes) is 4. The number of carbonyl (C=O) groups excluding carboxylic acids is 1. The average molecular weight is 199 g/mol. The van der Waals surface area contributed by atoms with Crippen LogP contribution >= 0.6 is 0 Å². The summed E-state index contributed by atoms with van der Waals surface area (Å²) in [5, 5.41) is 3.61. The molecule has 3 heteroatoms. The third-order valence-corrected chi connectivity index (χ3v) is 1.81. The fourth-order valence-electron chi connectivity index (χ4n) is 1.06. The van der Waals surface area contributed by atoms with Gasteiger partial charge in [0, 0.05) is 6.42 Å². The van der Waals surface area contributed by atoms with Crippen LogP contribution in [0.4, 0.5) is 0 Å². The van der Waals surface area contributed by atoms with E-state index in [0.717, 1.165) is 18.6 Å². The Morgan fingerprint density at radius 3 is 2.36 bits per heavy atom. The molecule has 0 bridgehead atoms. The predicted octanol–water partition coefficient (Wildman–Crippen LogP) is 3.29. The van der Waals surface area contributed by atoms with Crippen LogP contribution in [0, 0.1) is 0 Å². The van der Waals surface area contributed by atoms with Gasteiger partial charge in [0.1, 0.15) is 0 Å². The molecule has 0 saturated carbocycles. The summed E-state index contributed by atoms with van der Waals surface area (Å²) in [6.07, 6.45) is 6.19. The van der Waals surface area contributed by atoms with Gasteiger partial charge in [-0.05, 0) is 20.3 Å². The molecule has 0 rings (SSSR count). The standard InChI is InChI=1S/C11H21NO2/c1-4-5-6-7-8-9-11(13)14-12-10(2)3/h4-9H2,1-3H3. The van der Waals surface area contributed by atoms with Gasteiger partial charge in [0.25, 0.3) is 0 Å². The first-order valence-corrected chi connectivity index (χ1v) is 5.38. The average Bonchev–Trinajstić information content (AvgIpc) is 2.14. The summed E-state index contributed by atoms with van der Waals surface area (Å²) in [6.45, 7) is 5.77. The highest BCUT2D eigenvalue weighted by Crippen LogP contribution is 2.05. The zero-order valence-corrected chi connectivity index (χ0v) is 9.51. The molecule has 14 heavy (non-hydrogen) atoms. The second kappa shape index (κ2) is 8.73. The molecular formula is C11H21NO2. The largest absolute Gasteiger partial charge is 0.335 e. The molecule has 0 fully saturated rings. The van der Waals surface area contributed by atoms with E-state index in [1.807, 2.05) is 0 Å². The first kappa shape index (κ1) is 13.1. The van der Waals surface area contributed by atoms with E-state index < -0.39 is 0 Å². The second-order valence-electron chi connectivity index (χ2n) is 3.67. The maximum absolute atomic E-state index is 11.1. The Kier molecular flexibility index (Phi) is 8.19. The molecule has 3 nitrogen and oxygen atoms in total. The van der Waals surface area contributed by atoms with Crippen molar-refractivity contribution in [2.75, 3.05) is 0 Å². The maximum Gasteiger partial charge on any atom is 0.335 e. The van der Waals surface area contributed by atoms with Crippen molar-refractivity contribution in [3.63, 3.8) is 0 Å². The van der Waals surface area contributed by atoms with Crippen LogP contribution < -0.4 is 0 Å². The molecule has 0 amide bonds. The van der Waals surface area contributed by atoms with Gasteiger partial charge in [0.15, 0.2) is 0 Å². The summed E-state index contributed by atoms with van der Waals surface area (Å²) in [6, 6.07) is 0. The summed E-state index contributed by atoms with van der Waals surface area (Å²) < 4.78 is 0. The zero-order chi connectivity index (χ0) is 10.8. The van der Waals surface area contributed by atoms with Crippen molar-refractivity contribution < 1.29 is 9.63 Å². The highest BCUT2D eigenvalue weighted by Gasteiger charge is 2.01. The van der Waals surface area contributed by atoms with Crippen LogP contribution in [-0.4, -0.2) is 11.7 Å². The van der Waals surface area contributed by atoms with Gasteiger partial charge < -0.3 is 4.84 Å². The van der Waals surface area contributed by atoms with Crippen LogP contribution in [0.15, 0.2) is 5.16 Å². The van der Waals surface area contributed by atoms with E-state index in [1.54, 1.807) is 13.8 Å². The van der Waals surface area contributed by atoms with Crippen molar-refractivity contribution in [1.82, 2.24) is 0 Å². The Bertz CT molecular complexity index is 184. The smallest absolute Gasteiger partial charge is 0.318 e. The maximum atomic E-state index is 11.1. The van der Waals surface area contributed by atoms with Gasteiger partial charge in [0.05, 0.1) is 5.71 Å². The predicted molar refractivity (Wildman–Crippen MR) is 58.3 cm³/mol. The van der Waals surface area contributed by atoms with Crippen molar-refractivity contribution >= 4 is 11.7 Å². The first-order chi connectivity index (χ1) is 6.66. The molecule has 0 aliphatic carbocycles. The quantitative estimate of drug-likeness (QED) is 0.273. The molecule has 0 unspecified atom stereocenters. The number of oxime groups is 1. The number of carbonyl (C=O) groups is 1. The Balaban J connectivity index is 3.32. The van der Waals surface area contributed by atoms with Crippen LogP contribution in [0.3, 0.4) is 0 Å². The van der Waals surface area contributed by atoms with Gasteiger partial charge in [-0.15, -0.1) is 0 Å². The molecule has 0 N–H and O–H groups in total. The van der Waals surface area contributed by atoms with Gasteiger partial charge in [0.2, 0.25) is 0 Å². The number of hydrogen-bond acceptors (Lipinski definition) is 3. The number of rotatable bonds is 7. The van der Waals surface area contributed by atoms with Gasteiger partial charge >= 0.3 is 5.97 Å². The molecule has 82 valence electrons. The van der Waals surface area contributed by atoms with Crippen LogP contribution in [0.1, 0.15) is 59.3 Å². The second-order valence-corrected chi connectivity index (χ2v) is 3.67. The van der Waals surface area contributed by atoms with Gasteiger partial charge in [-0.3, -0.25) is 0 Å². The summed E-state index contributed by atoms with van der Waals surface area (Å²) in [5.41, 5.74) is 0.768.